The van der Waals surface area contributed by atoms with Crippen molar-refractivity contribution in [3.05, 3.63) is 53.8 Å². The Morgan fingerprint density at radius 2 is 1.96 bits per heavy atom. The molecule has 144 valence electrons. The number of ether oxygens (including phenoxy) is 2. The molecular formula is C21H25FN2O3. The van der Waals surface area contributed by atoms with Gasteiger partial charge in [0.25, 0.3) is 0 Å². The van der Waals surface area contributed by atoms with Gasteiger partial charge in [-0.05, 0) is 49.2 Å². The van der Waals surface area contributed by atoms with Crippen LogP contribution in [0.3, 0.4) is 0 Å². The summed E-state index contributed by atoms with van der Waals surface area (Å²) >= 11 is 0. The molecule has 2 aromatic rings. The molecule has 1 amide bonds. The van der Waals surface area contributed by atoms with Crippen molar-refractivity contribution in [1.29, 1.82) is 0 Å². The van der Waals surface area contributed by atoms with E-state index in [9.17, 15) is 9.18 Å². The standard InChI is InChI=1S/C21H25FN2O3/c1-26-18-9-10-19(20(12-18)27-2)23-21(25)16-4-3-11-24(14-16)13-15-5-7-17(22)8-6-15/h5-10,12,16H,3-4,11,13-14H2,1-2H3,(H,23,25). The van der Waals surface area contributed by atoms with Gasteiger partial charge in [-0.3, -0.25) is 9.69 Å². The molecule has 1 fully saturated rings. The highest BCUT2D eigenvalue weighted by molar-refractivity contribution is 5.94. The number of anilines is 1. The Bertz CT molecular complexity index is 779. The molecule has 1 atom stereocenters. The van der Waals surface area contributed by atoms with E-state index in [1.807, 2.05) is 0 Å². The van der Waals surface area contributed by atoms with E-state index in [4.69, 9.17) is 9.47 Å². The predicted octanol–water partition coefficient (Wildman–Crippen LogP) is 3.69. The maximum absolute atomic E-state index is 13.1. The third-order valence-electron chi connectivity index (χ3n) is 4.86. The Balaban J connectivity index is 1.62. The van der Waals surface area contributed by atoms with Gasteiger partial charge in [-0.1, -0.05) is 12.1 Å². The van der Waals surface area contributed by atoms with Crippen molar-refractivity contribution in [2.24, 2.45) is 5.92 Å². The predicted molar refractivity (Wildman–Crippen MR) is 103 cm³/mol. The van der Waals surface area contributed by atoms with E-state index in [-0.39, 0.29) is 17.6 Å². The van der Waals surface area contributed by atoms with Gasteiger partial charge in [-0.2, -0.15) is 0 Å². The highest BCUT2D eigenvalue weighted by Gasteiger charge is 2.26. The summed E-state index contributed by atoms with van der Waals surface area (Å²) in [7, 11) is 3.15. The molecule has 2 aromatic carbocycles. The Kier molecular flexibility index (Phi) is 6.29. The number of hydrogen-bond donors (Lipinski definition) is 1. The van der Waals surface area contributed by atoms with Crippen molar-refractivity contribution >= 4 is 11.6 Å². The molecule has 6 heteroatoms. The number of halogens is 1. The van der Waals surface area contributed by atoms with Gasteiger partial charge in [-0.25, -0.2) is 4.39 Å². The van der Waals surface area contributed by atoms with Crippen molar-refractivity contribution < 1.29 is 18.7 Å². The average Bonchev–Trinajstić information content (AvgIpc) is 2.70. The van der Waals surface area contributed by atoms with Crippen molar-refractivity contribution in [2.75, 3.05) is 32.6 Å². The summed E-state index contributed by atoms with van der Waals surface area (Å²) in [6, 6.07) is 11.9. The lowest BCUT2D eigenvalue weighted by molar-refractivity contribution is -0.121. The van der Waals surface area contributed by atoms with Crippen LogP contribution in [0.2, 0.25) is 0 Å². The zero-order valence-electron chi connectivity index (χ0n) is 15.7. The summed E-state index contributed by atoms with van der Waals surface area (Å²) in [5.74, 6) is 0.908. The Labute approximate surface area is 159 Å². The molecule has 1 N–H and O–H groups in total. The van der Waals surface area contributed by atoms with E-state index in [2.05, 4.69) is 10.2 Å². The van der Waals surface area contributed by atoms with E-state index < -0.39 is 0 Å². The molecule has 0 aromatic heterocycles. The molecule has 0 aliphatic carbocycles. The van der Waals surface area contributed by atoms with Crippen LogP contribution in [0, 0.1) is 11.7 Å². The molecule has 3 rings (SSSR count). The number of methoxy groups -OCH3 is 2. The maximum atomic E-state index is 13.1. The van der Waals surface area contributed by atoms with Gasteiger partial charge in [0.1, 0.15) is 17.3 Å². The summed E-state index contributed by atoms with van der Waals surface area (Å²) in [5.41, 5.74) is 1.69. The zero-order valence-corrected chi connectivity index (χ0v) is 15.7. The van der Waals surface area contributed by atoms with Gasteiger partial charge >= 0.3 is 0 Å². The molecule has 0 bridgehead atoms. The number of benzene rings is 2. The van der Waals surface area contributed by atoms with Crippen molar-refractivity contribution in [3.8, 4) is 11.5 Å². The molecule has 1 aliphatic rings. The first-order chi connectivity index (χ1) is 13.1. The SMILES string of the molecule is COc1ccc(NC(=O)C2CCCN(Cc3ccc(F)cc3)C2)c(OC)c1. The molecule has 0 spiro atoms. The van der Waals surface area contributed by atoms with E-state index in [0.29, 0.717) is 23.7 Å². The second-order valence-corrected chi connectivity index (χ2v) is 6.76. The van der Waals surface area contributed by atoms with Crippen LogP contribution in [0.25, 0.3) is 0 Å². The molecule has 0 saturated carbocycles. The molecule has 27 heavy (non-hydrogen) atoms. The van der Waals surface area contributed by atoms with Crippen LogP contribution >= 0.6 is 0 Å². The number of amides is 1. The monoisotopic (exact) mass is 372 g/mol. The van der Waals surface area contributed by atoms with E-state index >= 15 is 0 Å². The third kappa shape index (κ3) is 4.98. The first-order valence-corrected chi connectivity index (χ1v) is 9.08. The quantitative estimate of drug-likeness (QED) is 0.840. The highest BCUT2D eigenvalue weighted by Crippen LogP contribution is 2.30. The zero-order chi connectivity index (χ0) is 19.2. The topological polar surface area (TPSA) is 50.8 Å². The number of nitrogens with one attached hydrogen (secondary N) is 1. The fourth-order valence-electron chi connectivity index (χ4n) is 3.40. The summed E-state index contributed by atoms with van der Waals surface area (Å²) in [6.07, 6.45) is 1.81. The number of piperidine rings is 1. The largest absolute Gasteiger partial charge is 0.497 e. The molecular weight excluding hydrogens is 347 g/mol. The molecule has 1 aliphatic heterocycles. The normalized spacial score (nSPS) is 17.4. The number of likely N-dealkylation sites (tertiary alicyclic amines) is 1. The number of carbonyl (C=O) groups excluding carboxylic acids is 1. The number of rotatable bonds is 6. The Morgan fingerprint density at radius 3 is 2.67 bits per heavy atom. The smallest absolute Gasteiger partial charge is 0.228 e. The molecule has 1 heterocycles. The summed E-state index contributed by atoms with van der Waals surface area (Å²) in [4.78, 5) is 15.0. The first kappa shape index (κ1) is 19.2. The van der Waals surface area contributed by atoms with Crippen molar-refractivity contribution in [1.82, 2.24) is 4.90 Å². The van der Waals surface area contributed by atoms with E-state index in [0.717, 1.165) is 31.5 Å². The summed E-state index contributed by atoms with van der Waals surface area (Å²) < 4.78 is 23.6. The molecule has 1 unspecified atom stereocenters. The van der Waals surface area contributed by atoms with Crippen LogP contribution in [0.15, 0.2) is 42.5 Å². The summed E-state index contributed by atoms with van der Waals surface area (Å²) in [5, 5.41) is 2.98. The lowest BCUT2D eigenvalue weighted by Gasteiger charge is -2.32. The fraction of sp³-hybridized carbons (Fsp3) is 0.381. The van der Waals surface area contributed by atoms with Crippen LogP contribution in [0.5, 0.6) is 11.5 Å². The second-order valence-electron chi connectivity index (χ2n) is 6.76. The fourth-order valence-corrected chi connectivity index (χ4v) is 3.40. The third-order valence-corrected chi connectivity index (χ3v) is 4.86. The number of carbonyl (C=O) groups is 1. The summed E-state index contributed by atoms with van der Waals surface area (Å²) in [6.45, 7) is 2.34. The average molecular weight is 372 g/mol. The van der Waals surface area contributed by atoms with Crippen LogP contribution < -0.4 is 14.8 Å². The van der Waals surface area contributed by atoms with Crippen molar-refractivity contribution in [3.63, 3.8) is 0 Å². The highest BCUT2D eigenvalue weighted by atomic mass is 19.1. The minimum absolute atomic E-state index is 0.0118. The minimum atomic E-state index is -0.233. The lowest BCUT2D eigenvalue weighted by atomic mass is 9.96. The van der Waals surface area contributed by atoms with Gasteiger partial charge in [0.2, 0.25) is 5.91 Å². The molecule has 5 nitrogen and oxygen atoms in total. The van der Waals surface area contributed by atoms with Gasteiger partial charge in [0.05, 0.1) is 25.8 Å². The molecule has 0 radical (unpaired) electrons. The van der Waals surface area contributed by atoms with Crippen LogP contribution in [0.1, 0.15) is 18.4 Å². The number of nitrogens with zero attached hydrogens (tertiary/aromatic N) is 1. The van der Waals surface area contributed by atoms with Gasteiger partial charge in [0, 0.05) is 19.2 Å². The Morgan fingerprint density at radius 1 is 1.19 bits per heavy atom. The first-order valence-electron chi connectivity index (χ1n) is 9.08. The number of hydrogen-bond acceptors (Lipinski definition) is 4. The van der Waals surface area contributed by atoms with Gasteiger partial charge < -0.3 is 14.8 Å². The molecule has 1 saturated heterocycles. The van der Waals surface area contributed by atoms with Gasteiger partial charge in [-0.15, -0.1) is 0 Å². The lowest BCUT2D eigenvalue weighted by Crippen LogP contribution is -2.40. The minimum Gasteiger partial charge on any atom is -0.497 e. The van der Waals surface area contributed by atoms with Crippen LogP contribution in [0.4, 0.5) is 10.1 Å². The van der Waals surface area contributed by atoms with Crippen LogP contribution in [-0.4, -0.2) is 38.1 Å². The van der Waals surface area contributed by atoms with E-state index in [1.165, 1.54) is 12.1 Å². The van der Waals surface area contributed by atoms with Gasteiger partial charge in [0.15, 0.2) is 0 Å². The Hall–Kier alpha value is -2.60. The second kappa shape index (κ2) is 8.86. The maximum Gasteiger partial charge on any atom is 0.228 e. The van der Waals surface area contributed by atoms with Crippen LogP contribution in [-0.2, 0) is 11.3 Å². The van der Waals surface area contributed by atoms with Crippen molar-refractivity contribution in [2.45, 2.75) is 19.4 Å². The van der Waals surface area contributed by atoms with E-state index in [1.54, 1.807) is 44.6 Å².